The number of piperidine rings is 1. The summed E-state index contributed by atoms with van der Waals surface area (Å²) in [6, 6.07) is 6.62. The number of hydrogen-bond acceptors (Lipinski definition) is 3. The van der Waals surface area contributed by atoms with Crippen molar-refractivity contribution in [3.05, 3.63) is 23.8 Å². The number of benzene rings is 1. The molecule has 1 aromatic rings. The molecule has 4 heteroatoms. The number of aryl methyl sites for hydroxylation is 1. The smallest absolute Gasteiger partial charge is 0.219 e. The lowest BCUT2D eigenvalue weighted by Crippen LogP contribution is -2.41. The van der Waals surface area contributed by atoms with E-state index in [9.17, 15) is 4.79 Å². The van der Waals surface area contributed by atoms with Crippen molar-refractivity contribution < 1.29 is 9.53 Å². The van der Waals surface area contributed by atoms with Crippen molar-refractivity contribution in [2.24, 2.45) is 0 Å². The van der Waals surface area contributed by atoms with E-state index in [0.29, 0.717) is 6.04 Å². The number of nitrogens with zero attached hydrogens (tertiary/aromatic N) is 1. The van der Waals surface area contributed by atoms with E-state index in [-0.39, 0.29) is 12.0 Å². The Balaban J connectivity index is 1.93. The molecule has 0 spiro atoms. The topological polar surface area (TPSA) is 41.6 Å². The molecule has 1 aliphatic heterocycles. The van der Waals surface area contributed by atoms with Crippen LogP contribution in [-0.2, 0) is 4.79 Å². The lowest BCUT2D eigenvalue weighted by molar-refractivity contribution is -0.129. The van der Waals surface area contributed by atoms with E-state index in [2.05, 4.69) is 24.4 Å². The lowest BCUT2D eigenvalue weighted by atomic mass is 10.0. The van der Waals surface area contributed by atoms with Crippen LogP contribution in [0.25, 0.3) is 0 Å². The molecule has 0 aromatic heterocycles. The molecule has 1 N–H and O–H groups in total. The summed E-state index contributed by atoms with van der Waals surface area (Å²) >= 11 is 0. The quantitative estimate of drug-likeness (QED) is 0.926. The number of carbonyl (C=O) groups is 1. The highest BCUT2D eigenvalue weighted by Crippen LogP contribution is 2.24. The summed E-state index contributed by atoms with van der Waals surface area (Å²) in [5.74, 6) is 1.10. The summed E-state index contributed by atoms with van der Waals surface area (Å²) in [6.07, 6.45) is 2.20. The number of ether oxygens (including phenoxy) is 1. The van der Waals surface area contributed by atoms with Crippen molar-refractivity contribution in [1.82, 2.24) is 4.90 Å². The number of amides is 1. The first-order valence-corrected chi connectivity index (χ1v) is 7.75. The Bertz CT molecular complexity index is 492. The van der Waals surface area contributed by atoms with E-state index in [4.69, 9.17) is 4.74 Å². The van der Waals surface area contributed by atoms with E-state index in [0.717, 1.165) is 37.4 Å². The maximum absolute atomic E-state index is 11.3. The van der Waals surface area contributed by atoms with Gasteiger partial charge in [-0.05, 0) is 57.4 Å². The average molecular weight is 290 g/mol. The van der Waals surface area contributed by atoms with Crippen molar-refractivity contribution in [1.29, 1.82) is 0 Å². The number of carbonyl (C=O) groups excluding carboxylic acids is 1. The third-order valence-corrected chi connectivity index (χ3v) is 3.87. The van der Waals surface area contributed by atoms with Gasteiger partial charge in [0.25, 0.3) is 0 Å². The minimum absolute atomic E-state index is 0.180. The van der Waals surface area contributed by atoms with Crippen LogP contribution >= 0.6 is 0 Å². The van der Waals surface area contributed by atoms with E-state index in [1.807, 2.05) is 24.8 Å². The van der Waals surface area contributed by atoms with E-state index >= 15 is 0 Å². The Morgan fingerprint density at radius 1 is 1.33 bits per heavy atom. The van der Waals surface area contributed by atoms with Crippen molar-refractivity contribution in [3.8, 4) is 5.75 Å². The summed E-state index contributed by atoms with van der Waals surface area (Å²) in [5, 5.41) is 3.60. The molecule has 1 aromatic carbocycles. The molecule has 116 valence electrons. The highest BCUT2D eigenvalue weighted by Gasteiger charge is 2.20. The molecular formula is C17H26N2O2. The van der Waals surface area contributed by atoms with Gasteiger partial charge in [0.15, 0.2) is 0 Å². The summed E-state index contributed by atoms with van der Waals surface area (Å²) in [4.78, 5) is 13.3. The standard InChI is InChI=1S/C17H26N2O2/c1-12(2)21-16-5-6-17(13(3)11-16)18-15-7-9-19(10-8-15)14(4)20/h5-6,11-12,15,18H,7-10H2,1-4H3. The molecule has 0 radical (unpaired) electrons. The van der Waals surface area contributed by atoms with Crippen LogP contribution in [0.4, 0.5) is 5.69 Å². The minimum Gasteiger partial charge on any atom is -0.491 e. The monoisotopic (exact) mass is 290 g/mol. The van der Waals surface area contributed by atoms with Gasteiger partial charge < -0.3 is 15.0 Å². The van der Waals surface area contributed by atoms with Gasteiger partial charge in [0.2, 0.25) is 5.91 Å². The summed E-state index contributed by atoms with van der Waals surface area (Å²) in [7, 11) is 0. The van der Waals surface area contributed by atoms with Crippen LogP contribution in [0.5, 0.6) is 5.75 Å². The number of nitrogens with one attached hydrogen (secondary N) is 1. The first-order chi connectivity index (χ1) is 9.95. The summed E-state index contributed by atoms with van der Waals surface area (Å²) < 4.78 is 5.71. The van der Waals surface area contributed by atoms with Gasteiger partial charge in [0, 0.05) is 31.7 Å². The third kappa shape index (κ3) is 4.38. The van der Waals surface area contributed by atoms with Gasteiger partial charge in [0.1, 0.15) is 5.75 Å². The van der Waals surface area contributed by atoms with E-state index < -0.39 is 0 Å². The first kappa shape index (κ1) is 15.7. The fourth-order valence-corrected chi connectivity index (χ4v) is 2.70. The van der Waals surface area contributed by atoms with Crippen molar-refractivity contribution in [2.45, 2.75) is 52.7 Å². The maximum Gasteiger partial charge on any atom is 0.219 e. The highest BCUT2D eigenvalue weighted by atomic mass is 16.5. The minimum atomic E-state index is 0.180. The normalized spacial score (nSPS) is 16.1. The van der Waals surface area contributed by atoms with Crippen molar-refractivity contribution >= 4 is 11.6 Å². The second kappa shape index (κ2) is 6.83. The fourth-order valence-electron chi connectivity index (χ4n) is 2.70. The fraction of sp³-hybridized carbons (Fsp3) is 0.588. The van der Waals surface area contributed by atoms with Crippen LogP contribution in [0, 0.1) is 6.92 Å². The SMILES string of the molecule is CC(=O)N1CCC(Nc2ccc(OC(C)C)cc2C)CC1. The van der Waals surface area contributed by atoms with Gasteiger partial charge in [-0.15, -0.1) is 0 Å². The molecule has 0 atom stereocenters. The van der Waals surface area contributed by atoms with Crippen LogP contribution < -0.4 is 10.1 Å². The first-order valence-electron chi connectivity index (χ1n) is 7.75. The highest BCUT2D eigenvalue weighted by molar-refractivity contribution is 5.73. The van der Waals surface area contributed by atoms with Crippen LogP contribution in [0.15, 0.2) is 18.2 Å². The predicted molar refractivity (Wildman–Crippen MR) is 85.8 cm³/mol. The van der Waals surface area contributed by atoms with E-state index in [1.54, 1.807) is 6.92 Å². The Labute approximate surface area is 127 Å². The molecule has 1 saturated heterocycles. The molecule has 0 aliphatic carbocycles. The molecule has 1 heterocycles. The molecule has 0 bridgehead atoms. The molecule has 0 unspecified atom stereocenters. The van der Waals surface area contributed by atoms with Gasteiger partial charge >= 0.3 is 0 Å². The Kier molecular flexibility index (Phi) is 5.10. The molecule has 1 fully saturated rings. The number of likely N-dealkylation sites (tertiary alicyclic amines) is 1. The van der Waals surface area contributed by atoms with Crippen LogP contribution in [0.1, 0.15) is 39.2 Å². The Morgan fingerprint density at radius 2 is 2.00 bits per heavy atom. The molecule has 0 saturated carbocycles. The average Bonchev–Trinajstić information content (AvgIpc) is 2.42. The summed E-state index contributed by atoms with van der Waals surface area (Å²) in [6.45, 7) is 9.50. The number of anilines is 1. The zero-order chi connectivity index (χ0) is 15.4. The van der Waals surface area contributed by atoms with Crippen molar-refractivity contribution in [2.75, 3.05) is 18.4 Å². The van der Waals surface area contributed by atoms with Crippen LogP contribution in [-0.4, -0.2) is 36.0 Å². The number of rotatable bonds is 4. The zero-order valence-electron chi connectivity index (χ0n) is 13.5. The number of hydrogen-bond donors (Lipinski definition) is 1. The molecule has 21 heavy (non-hydrogen) atoms. The zero-order valence-corrected chi connectivity index (χ0v) is 13.5. The molecule has 2 rings (SSSR count). The Hall–Kier alpha value is -1.71. The van der Waals surface area contributed by atoms with Crippen molar-refractivity contribution in [3.63, 3.8) is 0 Å². The summed E-state index contributed by atoms with van der Waals surface area (Å²) in [5.41, 5.74) is 2.36. The van der Waals surface area contributed by atoms with Gasteiger partial charge in [-0.1, -0.05) is 0 Å². The lowest BCUT2D eigenvalue weighted by Gasteiger charge is -2.32. The van der Waals surface area contributed by atoms with Gasteiger partial charge in [-0.2, -0.15) is 0 Å². The van der Waals surface area contributed by atoms with Gasteiger partial charge in [-0.25, -0.2) is 0 Å². The Morgan fingerprint density at radius 3 is 2.52 bits per heavy atom. The van der Waals surface area contributed by atoms with Gasteiger partial charge in [0.05, 0.1) is 6.10 Å². The van der Waals surface area contributed by atoms with E-state index in [1.165, 1.54) is 5.56 Å². The van der Waals surface area contributed by atoms with Crippen LogP contribution in [0.2, 0.25) is 0 Å². The second-order valence-corrected chi connectivity index (χ2v) is 6.07. The third-order valence-electron chi connectivity index (χ3n) is 3.87. The van der Waals surface area contributed by atoms with Gasteiger partial charge in [-0.3, -0.25) is 4.79 Å². The molecule has 4 nitrogen and oxygen atoms in total. The second-order valence-electron chi connectivity index (χ2n) is 6.07. The molecular weight excluding hydrogens is 264 g/mol. The largest absolute Gasteiger partial charge is 0.491 e. The maximum atomic E-state index is 11.3. The molecule has 1 aliphatic rings. The molecule has 1 amide bonds. The van der Waals surface area contributed by atoms with Crippen LogP contribution in [0.3, 0.4) is 0 Å². The predicted octanol–water partition coefficient (Wildman–Crippen LogP) is 3.21.